The largest absolute Gasteiger partial charge is 0.378 e. The van der Waals surface area contributed by atoms with Gasteiger partial charge in [0.15, 0.2) is 0 Å². The lowest BCUT2D eigenvalue weighted by atomic mass is 10.0. The third kappa shape index (κ3) is 4.39. The fraction of sp³-hybridized carbons (Fsp3) is 0.440. The van der Waals surface area contributed by atoms with Gasteiger partial charge in [-0.15, -0.1) is 0 Å². The lowest BCUT2D eigenvalue weighted by Gasteiger charge is -2.25. The Bertz CT molecular complexity index is 1050. The number of anilines is 2. The zero-order chi connectivity index (χ0) is 23.1. The van der Waals surface area contributed by atoms with Gasteiger partial charge in [-0.2, -0.15) is 0 Å². The monoisotopic (exact) mass is 451 g/mol. The van der Waals surface area contributed by atoms with E-state index in [1.165, 1.54) is 11.0 Å². The number of benzene rings is 2. The van der Waals surface area contributed by atoms with Crippen LogP contribution in [0.4, 0.5) is 20.6 Å². The van der Waals surface area contributed by atoms with Gasteiger partial charge in [-0.1, -0.05) is 18.2 Å². The molecule has 2 saturated heterocycles. The van der Waals surface area contributed by atoms with Gasteiger partial charge in [0.25, 0.3) is 0 Å². The van der Waals surface area contributed by atoms with Crippen LogP contribution in [-0.4, -0.2) is 50.2 Å². The average Bonchev–Trinajstić information content (AvgIpc) is 3.46. The highest BCUT2D eigenvalue weighted by Crippen LogP contribution is 2.35. The normalized spacial score (nSPS) is 22.6. The Kier molecular flexibility index (Phi) is 5.70. The summed E-state index contributed by atoms with van der Waals surface area (Å²) >= 11 is 0. The van der Waals surface area contributed by atoms with Crippen LogP contribution in [0.1, 0.15) is 25.7 Å². The molecule has 0 radical (unpaired) electrons. The number of amides is 3. The standard InChI is InChI=1S/C25H30FN5O2/c1-29(2)20-8-5-17(6-9-20)19-7-10-22(21(26)14-19)31-23(27-28-25(31)33)13-16-11-12-30(15-16)24(32)18-3-4-18/h5-10,14,16,18,23,27H,3-4,11-13,15H2,1-2H3,(H,28,33). The molecule has 7 nitrogen and oxygen atoms in total. The number of urea groups is 1. The molecule has 3 fully saturated rings. The van der Waals surface area contributed by atoms with Gasteiger partial charge < -0.3 is 9.80 Å². The van der Waals surface area contributed by atoms with Gasteiger partial charge in [0, 0.05) is 38.8 Å². The second kappa shape index (κ2) is 8.67. The van der Waals surface area contributed by atoms with Crippen LogP contribution in [0.5, 0.6) is 0 Å². The summed E-state index contributed by atoms with van der Waals surface area (Å²) < 4.78 is 15.2. The summed E-state index contributed by atoms with van der Waals surface area (Å²) in [5.74, 6) is 0.325. The van der Waals surface area contributed by atoms with Crippen molar-refractivity contribution in [1.29, 1.82) is 0 Å². The number of hydrazine groups is 1. The van der Waals surface area contributed by atoms with Crippen molar-refractivity contribution in [1.82, 2.24) is 15.8 Å². The van der Waals surface area contributed by atoms with E-state index in [9.17, 15) is 9.59 Å². The molecule has 1 saturated carbocycles. The van der Waals surface area contributed by atoms with Crippen molar-refractivity contribution in [3.8, 4) is 11.1 Å². The molecule has 5 rings (SSSR count). The fourth-order valence-corrected chi connectivity index (χ4v) is 4.82. The molecular formula is C25H30FN5O2. The summed E-state index contributed by atoms with van der Waals surface area (Å²) in [7, 11) is 3.95. The number of hydrogen-bond acceptors (Lipinski definition) is 4. The first-order chi connectivity index (χ1) is 15.9. The highest BCUT2D eigenvalue weighted by atomic mass is 19.1. The third-order valence-electron chi connectivity index (χ3n) is 6.88. The molecule has 3 amide bonds. The number of rotatable bonds is 6. The van der Waals surface area contributed by atoms with E-state index >= 15 is 4.39 Å². The minimum atomic E-state index is -0.440. The van der Waals surface area contributed by atoms with Crippen LogP contribution in [-0.2, 0) is 4.79 Å². The molecule has 174 valence electrons. The topological polar surface area (TPSA) is 67.9 Å². The first-order valence-corrected chi connectivity index (χ1v) is 11.6. The smallest absolute Gasteiger partial charge is 0.337 e. The predicted octanol–water partition coefficient (Wildman–Crippen LogP) is 3.57. The van der Waals surface area contributed by atoms with Crippen LogP contribution in [0, 0.1) is 17.7 Å². The minimum Gasteiger partial charge on any atom is -0.378 e. The number of carbonyl (C=O) groups excluding carboxylic acids is 2. The van der Waals surface area contributed by atoms with E-state index in [1.807, 2.05) is 54.2 Å². The zero-order valence-electron chi connectivity index (χ0n) is 19.1. The molecule has 2 heterocycles. The fourth-order valence-electron chi connectivity index (χ4n) is 4.82. The highest BCUT2D eigenvalue weighted by molar-refractivity contribution is 5.94. The molecule has 8 heteroatoms. The number of carbonyl (C=O) groups is 2. The third-order valence-corrected chi connectivity index (χ3v) is 6.88. The Balaban J connectivity index is 1.29. The van der Waals surface area contributed by atoms with Crippen LogP contribution in [0.25, 0.3) is 11.1 Å². The Morgan fingerprint density at radius 2 is 1.82 bits per heavy atom. The zero-order valence-corrected chi connectivity index (χ0v) is 19.1. The van der Waals surface area contributed by atoms with Crippen LogP contribution in [0.3, 0.4) is 0 Å². The molecule has 3 aliphatic rings. The second-order valence-electron chi connectivity index (χ2n) is 9.52. The summed E-state index contributed by atoms with van der Waals surface area (Å²) in [6.07, 6.45) is 3.21. The van der Waals surface area contributed by atoms with E-state index in [-0.39, 0.29) is 35.6 Å². The molecule has 0 spiro atoms. The average molecular weight is 452 g/mol. The predicted molar refractivity (Wildman–Crippen MR) is 126 cm³/mol. The number of hydrogen-bond donors (Lipinski definition) is 2. The molecule has 2 N–H and O–H groups in total. The van der Waals surface area contributed by atoms with E-state index in [2.05, 4.69) is 10.9 Å². The van der Waals surface area contributed by atoms with Gasteiger partial charge >= 0.3 is 6.03 Å². The Morgan fingerprint density at radius 1 is 1.09 bits per heavy atom. The molecule has 1 aliphatic carbocycles. The number of nitrogens with one attached hydrogen (secondary N) is 2. The van der Waals surface area contributed by atoms with Gasteiger partial charge in [0.2, 0.25) is 5.91 Å². The Hall–Kier alpha value is -3.13. The summed E-state index contributed by atoms with van der Waals surface area (Å²) in [5.41, 5.74) is 8.63. The molecular weight excluding hydrogens is 421 g/mol. The quantitative estimate of drug-likeness (QED) is 0.705. The molecule has 2 aliphatic heterocycles. The minimum absolute atomic E-state index is 0.222. The first-order valence-electron chi connectivity index (χ1n) is 11.6. The van der Waals surface area contributed by atoms with Crippen molar-refractivity contribution >= 4 is 23.3 Å². The van der Waals surface area contributed by atoms with Crippen molar-refractivity contribution in [3.05, 3.63) is 48.3 Å². The van der Waals surface area contributed by atoms with Gasteiger partial charge in [-0.05, 0) is 67.0 Å². The highest BCUT2D eigenvalue weighted by Gasteiger charge is 2.40. The lowest BCUT2D eigenvalue weighted by Crippen LogP contribution is -2.40. The summed E-state index contributed by atoms with van der Waals surface area (Å²) in [4.78, 5) is 30.3. The molecule has 0 aromatic heterocycles. The maximum atomic E-state index is 15.2. The molecule has 0 bridgehead atoms. The van der Waals surface area contributed by atoms with E-state index in [1.54, 1.807) is 6.07 Å². The van der Waals surface area contributed by atoms with Crippen LogP contribution >= 0.6 is 0 Å². The van der Waals surface area contributed by atoms with Gasteiger partial charge in [-0.25, -0.2) is 14.6 Å². The van der Waals surface area contributed by atoms with Crippen LogP contribution in [0.2, 0.25) is 0 Å². The van der Waals surface area contributed by atoms with Crippen molar-refractivity contribution in [2.45, 2.75) is 31.8 Å². The lowest BCUT2D eigenvalue weighted by molar-refractivity contribution is -0.131. The van der Waals surface area contributed by atoms with Crippen LogP contribution in [0.15, 0.2) is 42.5 Å². The van der Waals surface area contributed by atoms with Crippen molar-refractivity contribution in [2.75, 3.05) is 37.0 Å². The van der Waals surface area contributed by atoms with E-state index in [4.69, 9.17) is 0 Å². The SMILES string of the molecule is CN(C)c1ccc(-c2ccc(N3C(=O)NNC3CC3CCN(C(=O)C4CC4)C3)c(F)c2)cc1. The summed E-state index contributed by atoms with van der Waals surface area (Å²) in [5, 5.41) is 0. The van der Waals surface area contributed by atoms with E-state index in [0.29, 0.717) is 13.0 Å². The van der Waals surface area contributed by atoms with Gasteiger partial charge in [0.1, 0.15) is 12.0 Å². The molecule has 2 unspecified atom stereocenters. The summed E-state index contributed by atoms with van der Waals surface area (Å²) in [6.45, 7) is 1.48. The second-order valence-corrected chi connectivity index (χ2v) is 9.52. The van der Waals surface area contributed by atoms with Crippen LogP contribution < -0.4 is 20.7 Å². The maximum Gasteiger partial charge on any atom is 0.337 e. The molecule has 2 atom stereocenters. The van der Waals surface area contributed by atoms with Crippen molar-refractivity contribution in [3.63, 3.8) is 0 Å². The number of halogens is 1. The molecule has 33 heavy (non-hydrogen) atoms. The van der Waals surface area contributed by atoms with E-state index in [0.717, 1.165) is 42.6 Å². The number of nitrogens with zero attached hydrogens (tertiary/aromatic N) is 3. The maximum absolute atomic E-state index is 15.2. The molecule has 2 aromatic rings. The Labute approximate surface area is 193 Å². The van der Waals surface area contributed by atoms with E-state index < -0.39 is 5.82 Å². The van der Waals surface area contributed by atoms with Crippen molar-refractivity contribution in [2.24, 2.45) is 11.8 Å². The van der Waals surface area contributed by atoms with Crippen molar-refractivity contribution < 1.29 is 14.0 Å². The molecule has 2 aromatic carbocycles. The van der Waals surface area contributed by atoms with Gasteiger partial charge in [-0.3, -0.25) is 15.1 Å². The summed E-state index contributed by atoms with van der Waals surface area (Å²) in [6, 6.07) is 12.5. The van der Waals surface area contributed by atoms with Gasteiger partial charge in [0.05, 0.1) is 5.69 Å². The Morgan fingerprint density at radius 3 is 2.48 bits per heavy atom. The number of likely N-dealkylation sites (tertiary alicyclic amines) is 1. The first kappa shape index (κ1) is 21.7.